The predicted octanol–water partition coefficient (Wildman–Crippen LogP) is 3.37. The van der Waals surface area contributed by atoms with Crippen molar-refractivity contribution in [3.05, 3.63) is 72.6 Å². The van der Waals surface area contributed by atoms with Crippen LogP contribution >= 0.6 is 0 Å². The third-order valence-electron chi connectivity index (χ3n) is 7.77. The number of benzene rings is 2. The minimum Gasteiger partial charge on any atom is -0.379 e. The third-order valence-corrected chi connectivity index (χ3v) is 7.77. The molecule has 2 aromatic carbocycles. The molecule has 9 heteroatoms. The van der Waals surface area contributed by atoms with Crippen LogP contribution in [0.5, 0.6) is 0 Å². The summed E-state index contributed by atoms with van der Waals surface area (Å²) in [6.45, 7) is 8.02. The van der Waals surface area contributed by atoms with Crippen molar-refractivity contribution in [1.82, 2.24) is 34.1 Å². The van der Waals surface area contributed by atoms with Crippen molar-refractivity contribution in [2.45, 2.75) is 26.1 Å². The zero-order valence-corrected chi connectivity index (χ0v) is 21.3. The number of imidazole rings is 1. The van der Waals surface area contributed by atoms with Crippen LogP contribution in [0, 0.1) is 0 Å². The van der Waals surface area contributed by atoms with Gasteiger partial charge in [0.2, 0.25) is 0 Å². The monoisotopic (exact) mass is 509 g/mol. The summed E-state index contributed by atoms with van der Waals surface area (Å²) in [6.07, 6.45) is 6.77. The van der Waals surface area contributed by atoms with Crippen LogP contribution in [0.2, 0.25) is 0 Å². The van der Waals surface area contributed by atoms with Crippen LogP contribution in [0.3, 0.4) is 0 Å². The second-order valence-electron chi connectivity index (χ2n) is 10.1. The number of ether oxygens (including phenoxy) is 1. The Hall–Kier alpha value is -3.79. The number of aromatic nitrogens is 5. The van der Waals surface area contributed by atoms with Gasteiger partial charge in [0.15, 0.2) is 0 Å². The second-order valence-corrected chi connectivity index (χ2v) is 10.1. The first-order chi connectivity index (χ1) is 18.8. The standard InChI is InChI=1S/C29H31N7O2/c37-29(25-20-34-13-9-30-19-28(34)32-25)35-12-8-23-21(4-1-6-26(23)35)22-5-2-7-27-24(22)18-31-36(27)11-3-10-33-14-16-38-17-15-33/h1-2,4-8,12,18,20,30H,3,9-11,13-17,19H2. The second kappa shape index (κ2) is 9.83. The number of fused-ring (bicyclic) bond motifs is 3. The number of carbonyl (C=O) groups excluding carboxylic acids is 1. The van der Waals surface area contributed by atoms with Crippen molar-refractivity contribution in [1.29, 1.82) is 0 Å². The van der Waals surface area contributed by atoms with Crippen molar-refractivity contribution < 1.29 is 9.53 Å². The Labute approximate surface area is 220 Å². The summed E-state index contributed by atoms with van der Waals surface area (Å²) >= 11 is 0. The van der Waals surface area contributed by atoms with Gasteiger partial charge in [-0.3, -0.25) is 18.9 Å². The topological polar surface area (TPSA) is 82.1 Å². The first-order valence-electron chi connectivity index (χ1n) is 13.4. The number of nitrogens with one attached hydrogen (secondary N) is 1. The molecule has 38 heavy (non-hydrogen) atoms. The lowest BCUT2D eigenvalue weighted by molar-refractivity contribution is 0.0368. The van der Waals surface area contributed by atoms with E-state index in [1.165, 1.54) is 0 Å². The molecular formula is C29H31N7O2. The average Bonchev–Trinajstić information content (AvgIpc) is 3.70. The summed E-state index contributed by atoms with van der Waals surface area (Å²) in [4.78, 5) is 20.5. The third kappa shape index (κ3) is 4.13. The Morgan fingerprint density at radius 1 is 0.947 bits per heavy atom. The van der Waals surface area contributed by atoms with E-state index in [9.17, 15) is 4.79 Å². The van der Waals surface area contributed by atoms with E-state index in [0.29, 0.717) is 12.2 Å². The Morgan fingerprint density at radius 2 is 1.76 bits per heavy atom. The first kappa shape index (κ1) is 23.3. The molecule has 0 aliphatic carbocycles. The van der Waals surface area contributed by atoms with Crippen molar-refractivity contribution >= 4 is 27.7 Å². The molecule has 0 saturated carbocycles. The summed E-state index contributed by atoms with van der Waals surface area (Å²) in [6, 6.07) is 14.6. The van der Waals surface area contributed by atoms with E-state index in [1.807, 2.05) is 36.8 Å². The van der Waals surface area contributed by atoms with Gasteiger partial charge in [0.25, 0.3) is 5.91 Å². The van der Waals surface area contributed by atoms with Crippen molar-refractivity contribution in [3.8, 4) is 11.1 Å². The lowest BCUT2D eigenvalue weighted by Gasteiger charge is -2.26. The summed E-state index contributed by atoms with van der Waals surface area (Å²) in [5, 5.41) is 10.2. The first-order valence-corrected chi connectivity index (χ1v) is 13.4. The van der Waals surface area contributed by atoms with Crippen molar-refractivity contribution in [2.75, 3.05) is 39.4 Å². The molecule has 1 saturated heterocycles. The van der Waals surface area contributed by atoms with E-state index in [2.05, 4.69) is 48.7 Å². The van der Waals surface area contributed by atoms with E-state index in [-0.39, 0.29) is 5.91 Å². The van der Waals surface area contributed by atoms with E-state index >= 15 is 0 Å². The molecule has 0 amide bonds. The molecular weight excluding hydrogens is 478 g/mol. The van der Waals surface area contributed by atoms with Gasteiger partial charge in [-0.25, -0.2) is 4.98 Å². The van der Waals surface area contributed by atoms with Crippen LogP contribution in [-0.2, 0) is 24.4 Å². The zero-order chi connectivity index (χ0) is 25.5. The summed E-state index contributed by atoms with van der Waals surface area (Å²) in [5.41, 5.74) is 4.72. The molecule has 7 rings (SSSR count). The molecule has 1 N–H and O–H groups in total. The number of nitrogens with zero attached hydrogens (tertiary/aromatic N) is 6. The normalized spacial score (nSPS) is 16.3. The van der Waals surface area contributed by atoms with Crippen molar-refractivity contribution in [3.63, 3.8) is 0 Å². The number of morpholine rings is 1. The van der Waals surface area contributed by atoms with Gasteiger partial charge < -0.3 is 14.6 Å². The van der Waals surface area contributed by atoms with Gasteiger partial charge in [-0.05, 0) is 35.7 Å². The highest BCUT2D eigenvalue weighted by Crippen LogP contribution is 2.34. The minimum atomic E-state index is -0.106. The van der Waals surface area contributed by atoms with E-state index in [4.69, 9.17) is 9.84 Å². The average molecular weight is 510 g/mol. The molecule has 0 radical (unpaired) electrons. The molecule has 2 aliphatic heterocycles. The number of hydrogen-bond donors (Lipinski definition) is 1. The number of rotatable bonds is 6. The van der Waals surface area contributed by atoms with Gasteiger partial charge in [0.1, 0.15) is 11.5 Å². The van der Waals surface area contributed by atoms with Crippen LogP contribution < -0.4 is 5.32 Å². The molecule has 9 nitrogen and oxygen atoms in total. The Kier molecular flexibility index (Phi) is 6.04. The molecule has 2 aliphatic rings. The maximum atomic E-state index is 13.5. The van der Waals surface area contributed by atoms with E-state index < -0.39 is 0 Å². The maximum absolute atomic E-state index is 13.5. The molecule has 0 spiro atoms. The van der Waals surface area contributed by atoms with Crippen LogP contribution in [-0.4, -0.2) is 74.1 Å². The summed E-state index contributed by atoms with van der Waals surface area (Å²) < 4.78 is 11.4. The largest absolute Gasteiger partial charge is 0.379 e. The highest BCUT2D eigenvalue weighted by Gasteiger charge is 2.20. The van der Waals surface area contributed by atoms with Gasteiger partial charge in [-0.1, -0.05) is 24.3 Å². The molecule has 0 unspecified atom stereocenters. The maximum Gasteiger partial charge on any atom is 0.282 e. The molecule has 1 fully saturated rings. The Balaban J connectivity index is 1.18. The number of carbonyl (C=O) groups is 1. The van der Waals surface area contributed by atoms with Crippen LogP contribution in [0.1, 0.15) is 22.7 Å². The number of hydrogen-bond acceptors (Lipinski definition) is 6. The smallest absolute Gasteiger partial charge is 0.282 e. The fourth-order valence-corrected chi connectivity index (χ4v) is 5.78. The lowest BCUT2D eigenvalue weighted by atomic mass is 9.99. The van der Waals surface area contributed by atoms with Gasteiger partial charge >= 0.3 is 0 Å². The number of aryl methyl sites for hydroxylation is 1. The fraction of sp³-hybridized carbons (Fsp3) is 0.345. The predicted molar refractivity (Wildman–Crippen MR) is 146 cm³/mol. The minimum absolute atomic E-state index is 0.106. The molecule has 0 bridgehead atoms. The van der Waals surface area contributed by atoms with Gasteiger partial charge in [-0.2, -0.15) is 5.10 Å². The highest BCUT2D eigenvalue weighted by molar-refractivity contribution is 6.08. The Bertz CT molecular complexity index is 1600. The van der Waals surface area contributed by atoms with Gasteiger partial charge in [0, 0.05) is 62.4 Å². The quantitative estimate of drug-likeness (QED) is 0.378. The van der Waals surface area contributed by atoms with Crippen molar-refractivity contribution in [2.24, 2.45) is 0 Å². The summed E-state index contributed by atoms with van der Waals surface area (Å²) in [7, 11) is 0. The lowest BCUT2D eigenvalue weighted by Crippen LogP contribution is -2.37. The summed E-state index contributed by atoms with van der Waals surface area (Å²) in [5.74, 6) is 0.802. The highest BCUT2D eigenvalue weighted by atomic mass is 16.5. The molecule has 3 aromatic heterocycles. The van der Waals surface area contributed by atoms with Crippen LogP contribution in [0.25, 0.3) is 32.9 Å². The SMILES string of the molecule is O=C(c1cn2c(n1)CNCC2)n1ccc2c(-c3cccc4c3cnn4CCCN3CCOCC3)cccc21. The van der Waals surface area contributed by atoms with E-state index in [1.54, 1.807) is 4.57 Å². The molecule has 194 valence electrons. The van der Waals surface area contributed by atoms with E-state index in [0.717, 1.165) is 97.7 Å². The molecule has 5 heterocycles. The van der Waals surface area contributed by atoms with Gasteiger partial charge in [-0.15, -0.1) is 0 Å². The van der Waals surface area contributed by atoms with Crippen LogP contribution in [0.15, 0.2) is 61.1 Å². The Morgan fingerprint density at radius 3 is 2.61 bits per heavy atom. The van der Waals surface area contributed by atoms with Crippen LogP contribution in [0.4, 0.5) is 0 Å². The zero-order valence-electron chi connectivity index (χ0n) is 21.3. The molecule has 0 atom stereocenters. The van der Waals surface area contributed by atoms with Gasteiger partial charge in [0.05, 0.1) is 37.0 Å². The molecule has 5 aromatic rings. The fourth-order valence-electron chi connectivity index (χ4n) is 5.78.